The van der Waals surface area contributed by atoms with Crippen LogP contribution >= 0.6 is 11.3 Å². The number of anilines is 1. The Morgan fingerprint density at radius 1 is 1.27 bits per heavy atom. The van der Waals surface area contributed by atoms with Crippen LogP contribution in [-0.4, -0.2) is 23.2 Å². The van der Waals surface area contributed by atoms with Gasteiger partial charge in [0.15, 0.2) is 0 Å². The first-order valence-electron chi connectivity index (χ1n) is 7.25. The van der Waals surface area contributed by atoms with Gasteiger partial charge in [0.05, 0.1) is 12.5 Å². The topological polar surface area (TPSA) is 64.1 Å². The number of amides is 1. The molecule has 5 nitrogen and oxygen atoms in total. The van der Waals surface area contributed by atoms with E-state index in [4.69, 9.17) is 4.74 Å². The maximum Gasteiger partial charge on any atom is 0.236 e. The van der Waals surface area contributed by atoms with Crippen LogP contribution in [0.25, 0.3) is 0 Å². The minimum atomic E-state index is -0.664. The van der Waals surface area contributed by atoms with Crippen molar-refractivity contribution in [3.63, 3.8) is 0 Å². The van der Waals surface area contributed by atoms with Gasteiger partial charge in [-0.25, -0.2) is 0 Å². The summed E-state index contributed by atoms with van der Waals surface area (Å²) in [6.45, 7) is 5.86. The number of aryl methyl sites for hydroxylation is 1. The molecule has 6 heteroatoms. The number of aromatic nitrogens is 2. The van der Waals surface area contributed by atoms with Gasteiger partial charge in [-0.05, 0) is 38.0 Å². The number of ether oxygens (including phenoxy) is 1. The number of nitrogens with zero attached hydrogens (tertiary/aromatic N) is 2. The predicted molar refractivity (Wildman–Crippen MR) is 88.6 cm³/mol. The van der Waals surface area contributed by atoms with Crippen molar-refractivity contribution >= 4 is 22.4 Å². The monoisotopic (exact) mass is 319 g/mol. The van der Waals surface area contributed by atoms with Gasteiger partial charge < -0.3 is 4.74 Å². The van der Waals surface area contributed by atoms with E-state index in [-0.39, 0.29) is 5.91 Å². The number of benzene rings is 1. The van der Waals surface area contributed by atoms with Crippen LogP contribution in [0.4, 0.5) is 5.13 Å². The average Bonchev–Trinajstić information content (AvgIpc) is 2.95. The van der Waals surface area contributed by atoms with Gasteiger partial charge in [0, 0.05) is 6.42 Å². The number of hydrogen-bond donors (Lipinski definition) is 1. The molecule has 0 aliphatic heterocycles. The van der Waals surface area contributed by atoms with E-state index in [9.17, 15) is 4.79 Å². The average molecular weight is 319 g/mol. The first-order valence-corrected chi connectivity index (χ1v) is 8.07. The van der Waals surface area contributed by atoms with E-state index in [2.05, 4.69) is 22.4 Å². The molecule has 0 bridgehead atoms. The molecule has 0 aliphatic carbocycles. The number of carbonyl (C=O) groups excluding carboxylic acids is 1. The smallest absolute Gasteiger partial charge is 0.236 e. The first kappa shape index (κ1) is 16.4. The third-order valence-electron chi connectivity index (χ3n) is 3.53. The molecular formula is C16H21N3O2S. The maximum absolute atomic E-state index is 12.6. The highest BCUT2D eigenvalue weighted by molar-refractivity contribution is 7.15. The second-order valence-corrected chi connectivity index (χ2v) is 6.62. The zero-order valence-corrected chi connectivity index (χ0v) is 14.2. The van der Waals surface area contributed by atoms with Crippen molar-refractivity contribution in [1.29, 1.82) is 0 Å². The van der Waals surface area contributed by atoms with Gasteiger partial charge in [-0.3, -0.25) is 10.1 Å². The van der Waals surface area contributed by atoms with Gasteiger partial charge >= 0.3 is 0 Å². The number of nitrogens with one attached hydrogen (secondary N) is 1. The summed E-state index contributed by atoms with van der Waals surface area (Å²) in [5, 5.41) is 12.5. The van der Waals surface area contributed by atoms with E-state index in [0.29, 0.717) is 5.13 Å². The Morgan fingerprint density at radius 3 is 2.55 bits per heavy atom. The molecule has 0 fully saturated rings. The van der Waals surface area contributed by atoms with Crippen molar-refractivity contribution in [1.82, 2.24) is 10.2 Å². The summed E-state index contributed by atoms with van der Waals surface area (Å²) in [4.78, 5) is 12.6. The fraction of sp³-hybridized carbons (Fsp3) is 0.438. The van der Waals surface area contributed by atoms with Crippen LogP contribution in [0.5, 0.6) is 5.75 Å². The summed E-state index contributed by atoms with van der Waals surface area (Å²) in [5.41, 5.74) is 0.257. The number of carbonyl (C=O) groups is 1. The minimum Gasteiger partial charge on any atom is -0.497 e. The summed E-state index contributed by atoms with van der Waals surface area (Å²) in [6, 6.07) is 7.52. The summed E-state index contributed by atoms with van der Waals surface area (Å²) in [6.07, 6.45) is 1.90. The third-order valence-corrected chi connectivity index (χ3v) is 4.43. The predicted octanol–water partition coefficient (Wildman–Crippen LogP) is 3.42. The maximum atomic E-state index is 12.6. The van der Waals surface area contributed by atoms with Crippen molar-refractivity contribution in [2.75, 3.05) is 12.4 Å². The summed E-state index contributed by atoms with van der Waals surface area (Å²) in [7, 11) is 1.62. The zero-order chi connectivity index (χ0) is 16.2. The third kappa shape index (κ3) is 3.62. The van der Waals surface area contributed by atoms with Gasteiger partial charge in [-0.2, -0.15) is 0 Å². The molecule has 22 heavy (non-hydrogen) atoms. The fourth-order valence-corrected chi connectivity index (χ4v) is 2.85. The van der Waals surface area contributed by atoms with Crippen LogP contribution in [0, 0.1) is 0 Å². The van der Waals surface area contributed by atoms with E-state index < -0.39 is 5.41 Å². The molecule has 0 saturated carbocycles. The van der Waals surface area contributed by atoms with Gasteiger partial charge in [0.1, 0.15) is 10.8 Å². The Hall–Kier alpha value is -1.95. The van der Waals surface area contributed by atoms with E-state index in [1.165, 1.54) is 11.3 Å². The Kier molecular flexibility index (Phi) is 5.13. The lowest BCUT2D eigenvalue weighted by atomic mass is 9.84. The van der Waals surface area contributed by atoms with E-state index >= 15 is 0 Å². The minimum absolute atomic E-state index is 0.100. The normalized spacial score (nSPS) is 11.3. The SMILES string of the molecule is CCCc1nnc(NC(=O)C(C)(C)c2ccc(OC)cc2)s1. The molecule has 118 valence electrons. The van der Waals surface area contributed by atoms with Crippen molar-refractivity contribution in [3.8, 4) is 5.75 Å². The Balaban J connectivity index is 2.11. The van der Waals surface area contributed by atoms with Crippen molar-refractivity contribution in [2.45, 2.75) is 39.0 Å². The summed E-state index contributed by atoms with van der Waals surface area (Å²) < 4.78 is 5.15. The lowest BCUT2D eigenvalue weighted by Gasteiger charge is -2.23. The number of hydrogen-bond acceptors (Lipinski definition) is 5. The zero-order valence-electron chi connectivity index (χ0n) is 13.3. The van der Waals surface area contributed by atoms with Gasteiger partial charge in [-0.1, -0.05) is 30.4 Å². The van der Waals surface area contributed by atoms with E-state index in [0.717, 1.165) is 29.2 Å². The number of methoxy groups -OCH3 is 1. The van der Waals surface area contributed by atoms with Crippen LogP contribution in [0.1, 0.15) is 37.8 Å². The Morgan fingerprint density at radius 2 is 1.95 bits per heavy atom. The van der Waals surface area contributed by atoms with Crippen molar-refractivity contribution in [3.05, 3.63) is 34.8 Å². The van der Waals surface area contributed by atoms with Crippen LogP contribution in [0.3, 0.4) is 0 Å². The molecule has 0 atom stereocenters. The number of rotatable bonds is 6. The molecule has 0 aliphatic rings. The second kappa shape index (κ2) is 6.87. The van der Waals surface area contributed by atoms with Gasteiger partial charge in [0.25, 0.3) is 0 Å². The van der Waals surface area contributed by atoms with Crippen LogP contribution < -0.4 is 10.1 Å². The molecule has 0 saturated heterocycles. The molecule has 1 heterocycles. The molecule has 0 spiro atoms. The van der Waals surface area contributed by atoms with Gasteiger partial charge in [0.2, 0.25) is 11.0 Å². The Bertz CT molecular complexity index is 635. The summed E-state index contributed by atoms with van der Waals surface area (Å²) in [5.74, 6) is 0.671. The molecule has 0 unspecified atom stereocenters. The molecule has 1 N–H and O–H groups in total. The molecular weight excluding hydrogens is 298 g/mol. The fourth-order valence-electron chi connectivity index (χ4n) is 2.01. The lowest BCUT2D eigenvalue weighted by Crippen LogP contribution is -2.34. The van der Waals surface area contributed by atoms with Gasteiger partial charge in [-0.15, -0.1) is 10.2 Å². The molecule has 0 radical (unpaired) electrons. The second-order valence-electron chi connectivity index (χ2n) is 5.56. The van der Waals surface area contributed by atoms with Crippen molar-refractivity contribution in [2.24, 2.45) is 0 Å². The highest BCUT2D eigenvalue weighted by Gasteiger charge is 2.30. The Labute approximate surface area is 134 Å². The highest BCUT2D eigenvalue weighted by atomic mass is 32.1. The van der Waals surface area contributed by atoms with Crippen LogP contribution in [-0.2, 0) is 16.6 Å². The van der Waals surface area contributed by atoms with Crippen LogP contribution in [0.2, 0.25) is 0 Å². The lowest BCUT2D eigenvalue weighted by molar-refractivity contribution is -0.120. The molecule has 1 aromatic heterocycles. The van der Waals surface area contributed by atoms with E-state index in [1.54, 1.807) is 7.11 Å². The standard InChI is InChI=1S/C16H21N3O2S/c1-5-6-13-18-19-15(22-13)17-14(20)16(2,3)11-7-9-12(21-4)10-8-11/h7-10H,5-6H2,1-4H3,(H,17,19,20). The summed E-state index contributed by atoms with van der Waals surface area (Å²) >= 11 is 1.43. The molecule has 1 amide bonds. The van der Waals surface area contributed by atoms with Crippen LogP contribution in [0.15, 0.2) is 24.3 Å². The molecule has 2 rings (SSSR count). The molecule has 2 aromatic rings. The van der Waals surface area contributed by atoms with E-state index in [1.807, 2.05) is 38.1 Å². The molecule has 1 aromatic carbocycles. The largest absolute Gasteiger partial charge is 0.497 e. The first-order chi connectivity index (χ1) is 10.5. The quantitative estimate of drug-likeness (QED) is 0.886. The van der Waals surface area contributed by atoms with Crippen molar-refractivity contribution < 1.29 is 9.53 Å². The highest BCUT2D eigenvalue weighted by Crippen LogP contribution is 2.27.